The molecule has 0 aliphatic carbocycles. The minimum Gasteiger partial charge on any atom is -0.819 e. The summed E-state index contributed by atoms with van der Waals surface area (Å²) in [6.07, 6.45) is 0. The summed E-state index contributed by atoms with van der Waals surface area (Å²) in [5.74, 6) is 0. The van der Waals surface area contributed by atoms with Gasteiger partial charge in [0.2, 0.25) is 0 Å². The molecular formula is CH3O2PS2-2. The van der Waals surface area contributed by atoms with Crippen LogP contribution in [0.2, 0.25) is 0 Å². The molecule has 0 aromatic rings. The molecule has 0 aliphatic heterocycles. The second-order valence-electron chi connectivity index (χ2n) is 0.630. The second kappa shape index (κ2) is 2.28. The number of hydrogen-bond acceptors (Lipinski definition) is 4. The first-order chi connectivity index (χ1) is 2.56. The Morgan fingerprint density at radius 3 is 2.17 bits per heavy atom. The Labute approximate surface area is 46.8 Å². The Balaban J connectivity index is 3.48. The van der Waals surface area contributed by atoms with E-state index in [1.807, 2.05) is 0 Å². The molecule has 0 fully saturated rings. The molecule has 1 unspecified atom stereocenters. The van der Waals surface area contributed by atoms with Gasteiger partial charge in [-0.1, -0.05) is 0 Å². The predicted octanol–water partition coefficient (Wildman–Crippen LogP) is -0.236. The first-order valence-corrected chi connectivity index (χ1v) is 4.79. The van der Waals surface area contributed by atoms with Crippen molar-refractivity contribution in [1.29, 1.82) is 0 Å². The maximum Gasteiger partial charge on any atom is 0.0367 e. The van der Waals surface area contributed by atoms with E-state index in [0.29, 0.717) is 0 Å². The maximum absolute atomic E-state index is 9.99. The van der Waals surface area contributed by atoms with Gasteiger partial charge in [-0.2, -0.15) is 0 Å². The van der Waals surface area contributed by atoms with E-state index in [0.717, 1.165) is 0 Å². The molecule has 0 amide bonds. The summed E-state index contributed by atoms with van der Waals surface area (Å²) in [7, 11) is 1.24. The zero-order valence-corrected chi connectivity index (χ0v) is 5.61. The molecule has 0 N–H and O–H groups in total. The van der Waals surface area contributed by atoms with E-state index in [1.165, 1.54) is 7.11 Å². The van der Waals surface area contributed by atoms with Crippen molar-refractivity contribution in [2.75, 3.05) is 7.11 Å². The van der Waals surface area contributed by atoms with E-state index in [-0.39, 0.29) is 0 Å². The molecule has 38 valence electrons. The third-order valence-electron chi connectivity index (χ3n) is 0.224. The van der Waals surface area contributed by atoms with Gasteiger partial charge in [0, 0.05) is 7.11 Å². The van der Waals surface area contributed by atoms with Crippen LogP contribution < -0.4 is 4.89 Å². The monoisotopic (exact) mass is 142 g/mol. The van der Waals surface area contributed by atoms with Crippen LogP contribution in [0.15, 0.2) is 0 Å². The van der Waals surface area contributed by atoms with Crippen molar-refractivity contribution in [2.24, 2.45) is 0 Å². The van der Waals surface area contributed by atoms with E-state index in [4.69, 9.17) is 0 Å². The molecule has 5 heteroatoms. The Hall–Kier alpha value is 0.920. The van der Waals surface area contributed by atoms with Crippen molar-refractivity contribution in [3.05, 3.63) is 0 Å². The molecular weight excluding hydrogens is 139 g/mol. The van der Waals surface area contributed by atoms with Gasteiger partial charge in [0.1, 0.15) is 0 Å². The lowest BCUT2D eigenvalue weighted by Crippen LogP contribution is -1.96. The largest absolute Gasteiger partial charge is 0.819 e. The highest BCUT2D eigenvalue weighted by atomic mass is 32.9. The van der Waals surface area contributed by atoms with Crippen LogP contribution in [0.1, 0.15) is 0 Å². The summed E-state index contributed by atoms with van der Waals surface area (Å²) < 4.78 is 4.12. The van der Waals surface area contributed by atoms with Gasteiger partial charge >= 0.3 is 0 Å². The number of hydrogen-bond donors (Lipinski definition) is 0. The molecule has 0 spiro atoms. The smallest absolute Gasteiger partial charge is 0.0367 e. The van der Waals surface area contributed by atoms with E-state index in [2.05, 4.69) is 28.6 Å². The Morgan fingerprint density at radius 2 is 2.17 bits per heavy atom. The fraction of sp³-hybridized carbons (Fsp3) is 1.00. The van der Waals surface area contributed by atoms with Crippen LogP contribution >= 0.6 is 5.69 Å². The van der Waals surface area contributed by atoms with Crippen molar-refractivity contribution in [3.8, 4) is 0 Å². The first kappa shape index (κ1) is 6.92. The Bertz CT molecular complexity index is 75.6. The summed E-state index contributed by atoms with van der Waals surface area (Å²) >= 11 is 8.27. The highest BCUT2D eigenvalue weighted by Crippen LogP contribution is 2.31. The van der Waals surface area contributed by atoms with Crippen LogP contribution in [0.4, 0.5) is 0 Å². The van der Waals surface area contributed by atoms with E-state index >= 15 is 0 Å². The molecule has 0 heterocycles. The lowest BCUT2D eigenvalue weighted by Gasteiger charge is -2.32. The van der Waals surface area contributed by atoms with Crippen LogP contribution in [0.25, 0.3) is 0 Å². The highest BCUT2D eigenvalue weighted by molar-refractivity contribution is 8.50. The minimum atomic E-state index is -2.98. The molecule has 0 radical (unpaired) electrons. The van der Waals surface area contributed by atoms with Crippen molar-refractivity contribution >= 4 is 29.7 Å². The zero-order chi connectivity index (χ0) is 5.21. The third-order valence-corrected chi connectivity index (χ3v) is 1.57. The van der Waals surface area contributed by atoms with Crippen LogP contribution in [0, 0.1) is 0 Å². The fourth-order valence-corrected chi connectivity index (χ4v) is 0. The normalized spacial score (nSPS) is 19.8. The molecule has 1 atom stereocenters. The topological polar surface area (TPSA) is 32.3 Å². The number of rotatable bonds is 1. The third kappa shape index (κ3) is 4.92. The van der Waals surface area contributed by atoms with Gasteiger partial charge in [-0.15, -0.1) is 17.5 Å². The minimum absolute atomic E-state index is 1.24. The van der Waals surface area contributed by atoms with Gasteiger partial charge in [-0.25, -0.2) is 0 Å². The molecule has 0 aromatic carbocycles. The summed E-state index contributed by atoms with van der Waals surface area (Å²) in [5, 5.41) is 0. The van der Waals surface area contributed by atoms with E-state index in [9.17, 15) is 4.89 Å². The molecule has 0 rings (SSSR count). The molecule has 0 aromatic heterocycles. The zero-order valence-electron chi connectivity index (χ0n) is 3.08. The highest BCUT2D eigenvalue weighted by Gasteiger charge is 1.66. The van der Waals surface area contributed by atoms with Gasteiger partial charge in [0.05, 0.1) is 0 Å². The van der Waals surface area contributed by atoms with Crippen LogP contribution in [-0.2, 0) is 28.6 Å². The van der Waals surface area contributed by atoms with Gasteiger partial charge < -0.3 is 21.7 Å². The quantitative estimate of drug-likeness (QED) is 0.374. The van der Waals surface area contributed by atoms with Gasteiger partial charge in [-0.3, -0.25) is 0 Å². The molecule has 6 heavy (non-hydrogen) atoms. The lowest BCUT2D eigenvalue weighted by molar-refractivity contribution is -0.172. The first-order valence-electron chi connectivity index (χ1n) is 1.14. The molecule has 2 nitrogen and oxygen atoms in total. The summed E-state index contributed by atoms with van der Waals surface area (Å²) in [4.78, 5) is 9.99. The van der Waals surface area contributed by atoms with E-state index in [1.54, 1.807) is 0 Å². The SMILES string of the molecule is COP([O-])(=S)[S-]. The standard InChI is InChI=1S/CH5O2PS2/c1-3-4(2,5)6/h1H3,(H2,2,5,6)/p-2. The van der Waals surface area contributed by atoms with Crippen molar-refractivity contribution in [2.45, 2.75) is 0 Å². The maximum atomic E-state index is 9.99. The van der Waals surface area contributed by atoms with Crippen molar-refractivity contribution in [1.82, 2.24) is 0 Å². The summed E-state index contributed by atoms with van der Waals surface area (Å²) in [6, 6.07) is 0. The van der Waals surface area contributed by atoms with E-state index < -0.39 is 5.69 Å². The Morgan fingerprint density at radius 1 is 2.00 bits per heavy atom. The summed E-state index contributed by atoms with van der Waals surface area (Å²) in [5.41, 5.74) is -2.98. The van der Waals surface area contributed by atoms with Gasteiger partial charge in [-0.05, 0) is 0 Å². The van der Waals surface area contributed by atoms with Crippen LogP contribution in [-0.4, -0.2) is 7.11 Å². The van der Waals surface area contributed by atoms with Gasteiger partial charge in [0.15, 0.2) is 0 Å². The summed E-state index contributed by atoms with van der Waals surface area (Å²) in [6.45, 7) is 0. The molecule has 0 saturated heterocycles. The van der Waals surface area contributed by atoms with Crippen molar-refractivity contribution in [3.63, 3.8) is 0 Å². The molecule has 0 saturated carbocycles. The molecule has 0 bridgehead atoms. The average molecular weight is 142 g/mol. The van der Waals surface area contributed by atoms with Gasteiger partial charge in [0.25, 0.3) is 0 Å². The average Bonchev–Trinajstić information content (AvgIpc) is 1.35. The molecule has 0 aliphatic rings. The van der Waals surface area contributed by atoms with Crippen LogP contribution in [0.3, 0.4) is 0 Å². The van der Waals surface area contributed by atoms with Crippen LogP contribution in [0.5, 0.6) is 0 Å². The fourth-order valence-electron chi connectivity index (χ4n) is 0. The second-order valence-corrected chi connectivity index (χ2v) is 5.47. The van der Waals surface area contributed by atoms with Crippen molar-refractivity contribution < 1.29 is 9.42 Å². The predicted molar refractivity (Wildman–Crippen MR) is 28.7 cm³/mol. The lowest BCUT2D eigenvalue weighted by atomic mass is 11.8. The Kier molecular flexibility index (Phi) is 2.63.